The number of carbonyl (C=O) groups excluding carboxylic acids is 1. The molecule has 1 aromatic carbocycles. The molecular formula is C13H14N4OS. The second-order valence-electron chi connectivity index (χ2n) is 4.52. The molecule has 1 aromatic heterocycles. The van der Waals surface area contributed by atoms with Gasteiger partial charge in [-0.3, -0.25) is 4.79 Å². The van der Waals surface area contributed by atoms with Crippen LogP contribution in [0, 0.1) is 0 Å². The van der Waals surface area contributed by atoms with Crippen molar-refractivity contribution in [3.05, 3.63) is 36.2 Å². The maximum Gasteiger partial charge on any atom is 0.237 e. The van der Waals surface area contributed by atoms with E-state index in [0.29, 0.717) is 0 Å². The number of rotatable bonds is 2. The molecule has 0 saturated heterocycles. The van der Waals surface area contributed by atoms with Crippen molar-refractivity contribution in [2.75, 3.05) is 5.32 Å². The van der Waals surface area contributed by atoms with Crippen LogP contribution < -0.4 is 5.32 Å². The van der Waals surface area contributed by atoms with Gasteiger partial charge in [0, 0.05) is 12.7 Å². The molecule has 2 aromatic rings. The number of hydrogen-bond acceptors (Lipinski definition) is 4. The van der Waals surface area contributed by atoms with Crippen LogP contribution >= 0.6 is 11.8 Å². The molecule has 1 aliphatic heterocycles. The lowest BCUT2D eigenvalue weighted by Crippen LogP contribution is -2.24. The molecule has 0 bridgehead atoms. The van der Waals surface area contributed by atoms with Gasteiger partial charge in [-0.05, 0) is 24.5 Å². The second-order valence-corrected chi connectivity index (χ2v) is 5.69. The van der Waals surface area contributed by atoms with Crippen LogP contribution in [0.1, 0.15) is 12.0 Å². The molecule has 0 radical (unpaired) electrons. The molecule has 1 atom stereocenters. The van der Waals surface area contributed by atoms with Crippen LogP contribution in [-0.4, -0.2) is 25.9 Å². The first-order chi connectivity index (χ1) is 9.24. The van der Waals surface area contributed by atoms with E-state index >= 15 is 0 Å². The zero-order valence-corrected chi connectivity index (χ0v) is 11.4. The van der Waals surface area contributed by atoms with E-state index in [1.165, 1.54) is 17.3 Å². The lowest BCUT2D eigenvalue weighted by molar-refractivity contribution is -0.115. The number of nitrogens with zero attached hydrogens (tertiary/aromatic N) is 3. The van der Waals surface area contributed by atoms with Crippen molar-refractivity contribution in [1.29, 1.82) is 0 Å². The van der Waals surface area contributed by atoms with Gasteiger partial charge in [-0.1, -0.05) is 30.0 Å². The van der Waals surface area contributed by atoms with Gasteiger partial charge in [0.05, 0.1) is 5.25 Å². The number of thioether (sulfide) groups is 1. The summed E-state index contributed by atoms with van der Waals surface area (Å²) < 4.78 is 1.83. The lowest BCUT2D eigenvalue weighted by Gasteiger charge is -2.11. The number of benzene rings is 1. The smallest absolute Gasteiger partial charge is 0.237 e. The van der Waals surface area contributed by atoms with Crippen molar-refractivity contribution < 1.29 is 4.79 Å². The highest BCUT2D eigenvalue weighted by Gasteiger charge is 2.25. The summed E-state index contributed by atoms with van der Waals surface area (Å²) in [5, 5.41) is 11.5. The number of hydrogen-bond donors (Lipinski definition) is 1. The van der Waals surface area contributed by atoms with E-state index in [1.807, 2.05) is 29.8 Å². The molecule has 19 heavy (non-hydrogen) atoms. The summed E-state index contributed by atoms with van der Waals surface area (Å²) in [7, 11) is 1.88. The molecule has 5 nitrogen and oxygen atoms in total. The number of aryl methyl sites for hydroxylation is 2. The first kappa shape index (κ1) is 12.2. The minimum absolute atomic E-state index is 0.0398. The standard InChI is InChI=1S/C13H14N4OS/c1-17-8-14-16-13(17)19-11-7-6-9-4-2-3-5-10(9)15-12(11)18/h2-5,8,11H,6-7H2,1H3,(H,15,18)/t11-/m0/s1. The highest BCUT2D eigenvalue weighted by molar-refractivity contribution is 8.00. The number of amides is 1. The van der Waals surface area contributed by atoms with Crippen LogP contribution in [0.4, 0.5) is 5.69 Å². The number of para-hydroxylation sites is 1. The summed E-state index contributed by atoms with van der Waals surface area (Å²) in [6, 6.07) is 7.95. The lowest BCUT2D eigenvalue weighted by atomic mass is 10.1. The third-order valence-corrected chi connectivity index (χ3v) is 4.48. The highest BCUT2D eigenvalue weighted by Crippen LogP contribution is 2.30. The zero-order valence-electron chi connectivity index (χ0n) is 10.5. The van der Waals surface area contributed by atoms with Crippen molar-refractivity contribution in [3.63, 3.8) is 0 Å². The highest BCUT2D eigenvalue weighted by atomic mass is 32.2. The van der Waals surface area contributed by atoms with Crippen molar-refractivity contribution in [1.82, 2.24) is 14.8 Å². The van der Waals surface area contributed by atoms with Crippen LogP contribution in [0.15, 0.2) is 35.7 Å². The number of fused-ring (bicyclic) bond motifs is 1. The summed E-state index contributed by atoms with van der Waals surface area (Å²) in [4.78, 5) is 12.2. The third-order valence-electron chi connectivity index (χ3n) is 3.16. The molecule has 3 rings (SSSR count). The molecule has 1 aliphatic rings. The Balaban J connectivity index is 1.79. The molecule has 0 spiro atoms. The SMILES string of the molecule is Cn1cnnc1S[C@H]1CCc2ccccc2NC1=O. The normalized spacial score (nSPS) is 18.6. The molecule has 0 fully saturated rings. The minimum atomic E-state index is -0.129. The van der Waals surface area contributed by atoms with Crippen molar-refractivity contribution >= 4 is 23.4 Å². The predicted molar refractivity (Wildman–Crippen MR) is 74.0 cm³/mol. The molecule has 2 heterocycles. The number of carbonyl (C=O) groups is 1. The van der Waals surface area contributed by atoms with Crippen LogP contribution in [0.5, 0.6) is 0 Å². The van der Waals surface area contributed by atoms with Crippen LogP contribution in [0.3, 0.4) is 0 Å². The van der Waals surface area contributed by atoms with Gasteiger partial charge >= 0.3 is 0 Å². The molecule has 0 aliphatic carbocycles. The van der Waals surface area contributed by atoms with Gasteiger partial charge in [0.15, 0.2) is 5.16 Å². The van der Waals surface area contributed by atoms with E-state index in [1.54, 1.807) is 6.33 Å². The Kier molecular flexibility index (Phi) is 3.25. The Morgan fingerprint density at radius 2 is 2.26 bits per heavy atom. The van der Waals surface area contributed by atoms with Crippen molar-refractivity contribution in [3.8, 4) is 0 Å². The fourth-order valence-electron chi connectivity index (χ4n) is 2.11. The average Bonchev–Trinajstić information content (AvgIpc) is 2.73. The van der Waals surface area contributed by atoms with Crippen LogP contribution in [0.2, 0.25) is 0 Å². The summed E-state index contributed by atoms with van der Waals surface area (Å²) in [6.07, 6.45) is 3.34. The molecule has 98 valence electrons. The molecular weight excluding hydrogens is 260 g/mol. The second kappa shape index (κ2) is 5.05. The fraction of sp³-hybridized carbons (Fsp3) is 0.308. The molecule has 0 saturated carbocycles. The predicted octanol–water partition coefficient (Wildman–Crippen LogP) is 1.86. The maximum absolute atomic E-state index is 12.2. The average molecular weight is 274 g/mol. The van der Waals surface area contributed by atoms with Gasteiger partial charge in [-0.15, -0.1) is 10.2 Å². The van der Waals surface area contributed by atoms with Gasteiger partial charge in [0.2, 0.25) is 5.91 Å². The molecule has 0 unspecified atom stereocenters. The first-order valence-electron chi connectivity index (χ1n) is 6.13. The van der Waals surface area contributed by atoms with Gasteiger partial charge < -0.3 is 9.88 Å². The quantitative estimate of drug-likeness (QED) is 0.908. The van der Waals surface area contributed by atoms with Crippen molar-refractivity contribution in [2.24, 2.45) is 7.05 Å². The summed E-state index contributed by atoms with van der Waals surface area (Å²) in [5.74, 6) is 0.0398. The minimum Gasteiger partial charge on any atom is -0.325 e. The monoisotopic (exact) mass is 274 g/mol. The third kappa shape index (κ3) is 2.49. The Morgan fingerprint density at radius 3 is 3.05 bits per heavy atom. The van der Waals surface area contributed by atoms with Crippen LogP contribution in [-0.2, 0) is 18.3 Å². The molecule has 6 heteroatoms. The van der Waals surface area contributed by atoms with Crippen LogP contribution in [0.25, 0.3) is 0 Å². The Bertz CT molecular complexity index is 610. The van der Waals surface area contributed by atoms with E-state index in [9.17, 15) is 4.79 Å². The van der Waals surface area contributed by atoms with Gasteiger partial charge in [0.1, 0.15) is 6.33 Å². The first-order valence-corrected chi connectivity index (χ1v) is 7.01. The summed E-state index contributed by atoms with van der Waals surface area (Å²) >= 11 is 1.47. The van der Waals surface area contributed by atoms with E-state index in [2.05, 4.69) is 21.6 Å². The maximum atomic E-state index is 12.2. The van der Waals surface area contributed by atoms with E-state index in [0.717, 1.165) is 23.7 Å². The number of aromatic nitrogens is 3. The van der Waals surface area contributed by atoms with E-state index in [4.69, 9.17) is 0 Å². The van der Waals surface area contributed by atoms with Gasteiger partial charge in [-0.25, -0.2) is 0 Å². The van der Waals surface area contributed by atoms with Gasteiger partial charge in [-0.2, -0.15) is 0 Å². The summed E-state index contributed by atoms with van der Waals surface area (Å²) in [5.41, 5.74) is 2.12. The molecule has 1 N–H and O–H groups in total. The molecule has 1 amide bonds. The number of anilines is 1. The van der Waals surface area contributed by atoms with E-state index < -0.39 is 0 Å². The Morgan fingerprint density at radius 1 is 1.42 bits per heavy atom. The van der Waals surface area contributed by atoms with Gasteiger partial charge in [0.25, 0.3) is 0 Å². The Labute approximate surface area is 115 Å². The fourth-order valence-corrected chi connectivity index (χ4v) is 3.07. The zero-order chi connectivity index (χ0) is 13.2. The summed E-state index contributed by atoms with van der Waals surface area (Å²) in [6.45, 7) is 0. The number of nitrogens with one attached hydrogen (secondary N) is 1. The largest absolute Gasteiger partial charge is 0.325 e. The Hall–Kier alpha value is -1.82. The topological polar surface area (TPSA) is 59.8 Å². The van der Waals surface area contributed by atoms with Crippen molar-refractivity contribution in [2.45, 2.75) is 23.2 Å². The van der Waals surface area contributed by atoms with E-state index in [-0.39, 0.29) is 11.2 Å².